The second-order valence-electron chi connectivity index (χ2n) is 11.0. The van der Waals surface area contributed by atoms with Gasteiger partial charge in [-0.25, -0.2) is 19.6 Å². The van der Waals surface area contributed by atoms with Crippen LogP contribution in [0.4, 0.5) is 15.3 Å². The van der Waals surface area contributed by atoms with Gasteiger partial charge in [-0.2, -0.15) is 0 Å². The van der Waals surface area contributed by atoms with Gasteiger partial charge < -0.3 is 29.3 Å². The standard InChI is InChI=1S/C25H39N5O5.C2H4O/c1-24(2,3)33-22(31)29-14-12-28(13-15-30(29)23(32)34-25(4,5)6)19-10-8-18(9-11-19)21-16-20(17-26-7)35-27-21;1-2-3/h8-11,20,26H,12-17H2,1-7H3;2H,1H3. The predicted molar refractivity (Wildman–Crippen MR) is 146 cm³/mol. The van der Waals surface area contributed by atoms with E-state index in [0.29, 0.717) is 13.1 Å². The summed E-state index contributed by atoms with van der Waals surface area (Å²) in [6, 6.07) is 8.12. The first-order chi connectivity index (χ1) is 17.8. The third kappa shape index (κ3) is 9.51. The number of likely N-dealkylation sites (N-methyl/N-ethyl adjacent to an activating group) is 1. The molecular formula is C27H43N5O6. The van der Waals surface area contributed by atoms with Crippen LogP contribution < -0.4 is 10.2 Å². The number of benzene rings is 1. The number of anilines is 1. The van der Waals surface area contributed by atoms with Crippen molar-refractivity contribution in [1.82, 2.24) is 15.3 Å². The van der Waals surface area contributed by atoms with Crippen molar-refractivity contribution in [1.29, 1.82) is 0 Å². The highest BCUT2D eigenvalue weighted by Crippen LogP contribution is 2.23. The summed E-state index contributed by atoms with van der Waals surface area (Å²) in [6.45, 7) is 14.6. The Morgan fingerprint density at radius 2 is 1.45 bits per heavy atom. The lowest BCUT2D eigenvalue weighted by molar-refractivity contribution is -0.106. The Kier molecular flexibility index (Phi) is 10.9. The Labute approximate surface area is 226 Å². The highest BCUT2D eigenvalue weighted by molar-refractivity contribution is 6.01. The minimum Gasteiger partial charge on any atom is -0.442 e. The molecular weight excluding hydrogens is 490 g/mol. The lowest BCUT2D eigenvalue weighted by Gasteiger charge is -2.35. The number of rotatable bonds is 4. The molecule has 2 aliphatic rings. The first kappa shape index (κ1) is 30.9. The number of ether oxygens (including phenoxy) is 2. The highest BCUT2D eigenvalue weighted by Gasteiger charge is 2.35. The van der Waals surface area contributed by atoms with Crippen LogP contribution in [0.25, 0.3) is 0 Å². The van der Waals surface area contributed by atoms with Crippen molar-refractivity contribution in [3.63, 3.8) is 0 Å². The van der Waals surface area contributed by atoms with Gasteiger partial charge in [0, 0.05) is 31.7 Å². The molecule has 1 aromatic rings. The Morgan fingerprint density at radius 1 is 0.974 bits per heavy atom. The number of amides is 2. The van der Waals surface area contributed by atoms with Crippen molar-refractivity contribution in [2.75, 3.05) is 44.7 Å². The molecule has 1 unspecified atom stereocenters. The van der Waals surface area contributed by atoms with E-state index in [0.717, 1.165) is 36.2 Å². The van der Waals surface area contributed by atoms with Gasteiger partial charge in [-0.05, 0) is 73.2 Å². The van der Waals surface area contributed by atoms with Crippen molar-refractivity contribution in [2.45, 2.75) is 72.2 Å². The van der Waals surface area contributed by atoms with Gasteiger partial charge in [0.15, 0.2) is 0 Å². The summed E-state index contributed by atoms with van der Waals surface area (Å²) in [5, 5.41) is 10.0. The van der Waals surface area contributed by atoms with Gasteiger partial charge in [-0.1, -0.05) is 17.3 Å². The van der Waals surface area contributed by atoms with Crippen LogP contribution in [-0.2, 0) is 19.1 Å². The lowest BCUT2D eigenvalue weighted by Crippen LogP contribution is -2.53. The normalized spacial score (nSPS) is 17.9. The van der Waals surface area contributed by atoms with E-state index in [1.807, 2.05) is 31.3 Å². The van der Waals surface area contributed by atoms with Crippen LogP contribution in [0.2, 0.25) is 0 Å². The number of hydrogen-bond acceptors (Lipinski definition) is 9. The number of hydrogen-bond donors (Lipinski definition) is 1. The Bertz CT molecular complexity index is 930. The van der Waals surface area contributed by atoms with Crippen molar-refractivity contribution < 1.29 is 28.7 Å². The predicted octanol–water partition coefficient (Wildman–Crippen LogP) is 3.81. The van der Waals surface area contributed by atoms with E-state index in [-0.39, 0.29) is 19.2 Å². The zero-order chi connectivity index (χ0) is 28.5. The molecule has 0 aromatic heterocycles. The molecule has 2 aliphatic heterocycles. The number of aldehydes is 1. The summed E-state index contributed by atoms with van der Waals surface area (Å²) < 4.78 is 11.1. The fourth-order valence-corrected chi connectivity index (χ4v) is 3.85. The van der Waals surface area contributed by atoms with Crippen LogP contribution in [0.1, 0.15) is 60.5 Å². The maximum absolute atomic E-state index is 13.0. The molecule has 1 aromatic carbocycles. The van der Waals surface area contributed by atoms with Crippen molar-refractivity contribution >= 4 is 29.9 Å². The molecule has 1 fully saturated rings. The molecule has 2 amide bonds. The summed E-state index contributed by atoms with van der Waals surface area (Å²) in [6.07, 6.45) is 0.421. The largest absolute Gasteiger partial charge is 0.442 e. The van der Waals surface area contributed by atoms with Crippen LogP contribution >= 0.6 is 0 Å². The fourth-order valence-electron chi connectivity index (χ4n) is 3.85. The molecule has 0 bridgehead atoms. The van der Waals surface area contributed by atoms with Gasteiger partial charge in [-0.3, -0.25) is 0 Å². The molecule has 3 rings (SSSR count). The van der Waals surface area contributed by atoms with Crippen LogP contribution in [0, 0.1) is 0 Å². The molecule has 1 atom stereocenters. The smallest absolute Gasteiger partial charge is 0.429 e. The number of carbonyl (C=O) groups is 3. The van der Waals surface area contributed by atoms with E-state index in [9.17, 15) is 9.59 Å². The third-order valence-electron chi connectivity index (χ3n) is 5.39. The van der Waals surface area contributed by atoms with E-state index in [1.54, 1.807) is 41.5 Å². The first-order valence-corrected chi connectivity index (χ1v) is 12.9. The van der Waals surface area contributed by atoms with E-state index >= 15 is 0 Å². The number of oxime groups is 1. The van der Waals surface area contributed by atoms with Gasteiger partial charge in [0.05, 0.1) is 18.8 Å². The lowest BCUT2D eigenvalue weighted by atomic mass is 10.0. The average Bonchev–Trinajstić information content (AvgIpc) is 3.14. The molecule has 212 valence electrons. The summed E-state index contributed by atoms with van der Waals surface area (Å²) in [5.41, 5.74) is 1.58. The molecule has 2 heterocycles. The van der Waals surface area contributed by atoms with Gasteiger partial charge in [0.1, 0.15) is 23.6 Å². The minimum absolute atomic E-state index is 0.0537. The topological polar surface area (TPSA) is 113 Å². The average molecular weight is 534 g/mol. The molecule has 0 saturated carbocycles. The second kappa shape index (κ2) is 13.5. The molecule has 1 N–H and O–H groups in total. The molecule has 11 heteroatoms. The quantitative estimate of drug-likeness (QED) is 0.582. The van der Waals surface area contributed by atoms with Crippen molar-refractivity contribution in [3.05, 3.63) is 29.8 Å². The van der Waals surface area contributed by atoms with E-state index < -0.39 is 23.4 Å². The third-order valence-corrected chi connectivity index (χ3v) is 5.39. The number of carbonyl (C=O) groups excluding carboxylic acids is 3. The molecule has 1 saturated heterocycles. The maximum Gasteiger partial charge on any atom is 0.429 e. The van der Waals surface area contributed by atoms with Crippen LogP contribution in [0.3, 0.4) is 0 Å². The molecule has 38 heavy (non-hydrogen) atoms. The zero-order valence-corrected chi connectivity index (χ0v) is 23.9. The molecule has 0 radical (unpaired) electrons. The van der Waals surface area contributed by atoms with Gasteiger partial charge in [0.25, 0.3) is 0 Å². The number of nitrogens with one attached hydrogen (secondary N) is 1. The number of hydrazine groups is 1. The minimum atomic E-state index is -0.683. The van der Waals surface area contributed by atoms with Gasteiger partial charge in [-0.15, -0.1) is 0 Å². The Morgan fingerprint density at radius 3 is 1.87 bits per heavy atom. The summed E-state index contributed by atoms with van der Waals surface area (Å²) in [4.78, 5) is 42.3. The number of nitrogens with zero attached hydrogens (tertiary/aromatic N) is 4. The highest BCUT2D eigenvalue weighted by atomic mass is 16.6. The van der Waals surface area contributed by atoms with Crippen LogP contribution in [0.5, 0.6) is 0 Å². The van der Waals surface area contributed by atoms with Gasteiger partial charge >= 0.3 is 12.2 Å². The maximum atomic E-state index is 13.0. The molecule has 0 spiro atoms. The summed E-state index contributed by atoms with van der Waals surface area (Å²) in [5.74, 6) is 0. The van der Waals surface area contributed by atoms with E-state index in [1.165, 1.54) is 16.9 Å². The Balaban J connectivity index is 0.00000161. The molecule has 0 aliphatic carbocycles. The summed E-state index contributed by atoms with van der Waals surface area (Å²) >= 11 is 0. The SMILES string of the molecule is CC=O.CNCC1CC(c2ccc(N3CCN(C(=O)OC(C)(C)C)N(C(=O)OC(C)(C)C)CC3)cc2)=NO1. The van der Waals surface area contributed by atoms with Crippen LogP contribution in [0.15, 0.2) is 29.4 Å². The Hall–Kier alpha value is -3.34. The van der Waals surface area contributed by atoms with Crippen molar-refractivity contribution in [2.24, 2.45) is 5.16 Å². The van der Waals surface area contributed by atoms with E-state index in [2.05, 4.69) is 15.4 Å². The van der Waals surface area contributed by atoms with Gasteiger partial charge in [0.2, 0.25) is 0 Å². The zero-order valence-electron chi connectivity index (χ0n) is 23.9. The second-order valence-corrected chi connectivity index (χ2v) is 11.0. The molecule has 11 nitrogen and oxygen atoms in total. The first-order valence-electron chi connectivity index (χ1n) is 12.9. The van der Waals surface area contributed by atoms with E-state index in [4.69, 9.17) is 19.1 Å². The van der Waals surface area contributed by atoms with Crippen molar-refractivity contribution in [3.8, 4) is 0 Å². The van der Waals surface area contributed by atoms with Crippen LogP contribution in [-0.4, -0.2) is 91.3 Å². The monoisotopic (exact) mass is 533 g/mol. The summed E-state index contributed by atoms with van der Waals surface area (Å²) in [7, 11) is 1.89. The fraction of sp³-hybridized carbons (Fsp3) is 0.630.